The van der Waals surface area contributed by atoms with Gasteiger partial charge >= 0.3 is 0 Å². The number of hydrogen-bond acceptors (Lipinski definition) is 3. The molecule has 0 heterocycles. The Balaban J connectivity index is 2.57. The number of nitriles is 1. The van der Waals surface area contributed by atoms with E-state index < -0.39 is 5.82 Å². The molecule has 0 spiro atoms. The van der Waals surface area contributed by atoms with E-state index in [4.69, 9.17) is 15.1 Å². The largest absolute Gasteiger partial charge is 0.493 e. The molecule has 4 heteroatoms. The SMILES string of the molecule is N#CCCCOc1ccc(F)cc1CO. The molecule has 0 bridgehead atoms. The third kappa shape index (κ3) is 3.56. The Hall–Kier alpha value is -1.60. The summed E-state index contributed by atoms with van der Waals surface area (Å²) in [4.78, 5) is 0. The lowest BCUT2D eigenvalue weighted by Gasteiger charge is -2.08. The van der Waals surface area contributed by atoms with E-state index >= 15 is 0 Å². The third-order valence-corrected chi connectivity index (χ3v) is 1.88. The van der Waals surface area contributed by atoms with Gasteiger partial charge in [0.1, 0.15) is 11.6 Å². The van der Waals surface area contributed by atoms with Crippen LogP contribution in [0.15, 0.2) is 18.2 Å². The number of nitrogens with zero attached hydrogens (tertiary/aromatic N) is 1. The van der Waals surface area contributed by atoms with Crippen molar-refractivity contribution in [3.05, 3.63) is 29.6 Å². The van der Waals surface area contributed by atoms with Crippen LogP contribution in [0.25, 0.3) is 0 Å². The normalized spacial score (nSPS) is 9.67. The van der Waals surface area contributed by atoms with Crippen LogP contribution < -0.4 is 4.74 Å². The maximum Gasteiger partial charge on any atom is 0.125 e. The highest BCUT2D eigenvalue weighted by Gasteiger charge is 2.03. The first kappa shape index (κ1) is 11.5. The predicted octanol–water partition coefficient (Wildman–Crippen LogP) is 2.00. The highest BCUT2D eigenvalue weighted by atomic mass is 19.1. The van der Waals surface area contributed by atoms with Crippen molar-refractivity contribution in [2.45, 2.75) is 19.4 Å². The van der Waals surface area contributed by atoms with Crippen LogP contribution in [0.2, 0.25) is 0 Å². The van der Waals surface area contributed by atoms with E-state index in [1.165, 1.54) is 18.2 Å². The van der Waals surface area contributed by atoms with Crippen LogP contribution >= 0.6 is 0 Å². The fourth-order valence-corrected chi connectivity index (χ4v) is 1.15. The van der Waals surface area contributed by atoms with Gasteiger partial charge in [-0.2, -0.15) is 5.26 Å². The maximum absolute atomic E-state index is 12.8. The topological polar surface area (TPSA) is 53.2 Å². The van der Waals surface area contributed by atoms with Crippen molar-refractivity contribution >= 4 is 0 Å². The van der Waals surface area contributed by atoms with Crippen LogP contribution in [-0.2, 0) is 6.61 Å². The van der Waals surface area contributed by atoms with Gasteiger partial charge in [0.05, 0.1) is 19.3 Å². The molecule has 0 amide bonds. The molecule has 1 rings (SSSR count). The van der Waals surface area contributed by atoms with Crippen molar-refractivity contribution in [3.63, 3.8) is 0 Å². The Bertz CT molecular complexity index is 360. The van der Waals surface area contributed by atoms with Crippen molar-refractivity contribution in [2.24, 2.45) is 0 Å². The number of hydrogen-bond donors (Lipinski definition) is 1. The highest BCUT2D eigenvalue weighted by molar-refractivity contribution is 5.33. The maximum atomic E-state index is 12.8. The molecule has 1 aromatic rings. The molecular weight excluding hydrogens is 197 g/mol. The highest BCUT2D eigenvalue weighted by Crippen LogP contribution is 2.19. The second kappa shape index (κ2) is 5.99. The molecule has 0 aliphatic carbocycles. The number of ether oxygens (including phenoxy) is 1. The van der Waals surface area contributed by atoms with E-state index in [9.17, 15) is 4.39 Å². The van der Waals surface area contributed by atoms with Crippen molar-refractivity contribution in [1.82, 2.24) is 0 Å². The number of benzene rings is 1. The van der Waals surface area contributed by atoms with Gasteiger partial charge in [0, 0.05) is 12.0 Å². The first-order chi connectivity index (χ1) is 7.27. The first-order valence-electron chi connectivity index (χ1n) is 4.67. The van der Waals surface area contributed by atoms with E-state index in [1.54, 1.807) is 0 Å². The molecule has 1 aromatic carbocycles. The molecule has 0 saturated heterocycles. The molecule has 0 aliphatic rings. The summed E-state index contributed by atoms with van der Waals surface area (Å²) in [6, 6.07) is 5.99. The fraction of sp³-hybridized carbons (Fsp3) is 0.364. The molecule has 80 valence electrons. The Morgan fingerprint density at radius 1 is 1.47 bits per heavy atom. The van der Waals surface area contributed by atoms with Crippen LogP contribution in [0, 0.1) is 17.1 Å². The Morgan fingerprint density at radius 2 is 2.27 bits per heavy atom. The minimum Gasteiger partial charge on any atom is -0.493 e. The van der Waals surface area contributed by atoms with Gasteiger partial charge in [-0.25, -0.2) is 4.39 Å². The summed E-state index contributed by atoms with van der Waals surface area (Å²) in [5.41, 5.74) is 0.423. The van der Waals surface area contributed by atoms with Crippen LogP contribution in [0.4, 0.5) is 4.39 Å². The summed E-state index contributed by atoms with van der Waals surface area (Å²) in [5.74, 6) is 0.0697. The molecule has 0 aliphatic heterocycles. The average Bonchev–Trinajstić information content (AvgIpc) is 2.26. The van der Waals surface area contributed by atoms with Gasteiger partial charge in [0.2, 0.25) is 0 Å². The van der Waals surface area contributed by atoms with E-state index in [1.807, 2.05) is 6.07 Å². The van der Waals surface area contributed by atoms with Crippen molar-refractivity contribution < 1.29 is 14.2 Å². The summed E-state index contributed by atoms with van der Waals surface area (Å²) in [6.07, 6.45) is 1.05. The van der Waals surface area contributed by atoms with Crippen molar-refractivity contribution in [1.29, 1.82) is 5.26 Å². The van der Waals surface area contributed by atoms with Gasteiger partial charge in [-0.05, 0) is 24.6 Å². The van der Waals surface area contributed by atoms with Gasteiger partial charge < -0.3 is 9.84 Å². The minimum atomic E-state index is -0.400. The summed E-state index contributed by atoms with van der Waals surface area (Å²) in [6.45, 7) is 0.136. The van der Waals surface area contributed by atoms with Gasteiger partial charge in [-0.3, -0.25) is 0 Å². The molecule has 0 saturated carbocycles. The smallest absolute Gasteiger partial charge is 0.125 e. The molecule has 0 unspecified atom stereocenters. The van der Waals surface area contributed by atoms with Crippen LogP contribution in [-0.4, -0.2) is 11.7 Å². The Morgan fingerprint density at radius 3 is 2.93 bits per heavy atom. The Labute approximate surface area is 87.7 Å². The molecule has 3 nitrogen and oxygen atoms in total. The van der Waals surface area contributed by atoms with Gasteiger partial charge in [-0.15, -0.1) is 0 Å². The van der Waals surface area contributed by atoms with Crippen molar-refractivity contribution in [2.75, 3.05) is 6.61 Å². The average molecular weight is 209 g/mol. The van der Waals surface area contributed by atoms with Crippen molar-refractivity contribution in [3.8, 4) is 11.8 Å². The second-order valence-electron chi connectivity index (χ2n) is 3.02. The molecule has 0 atom stereocenters. The molecule has 1 N–H and O–H groups in total. The third-order valence-electron chi connectivity index (χ3n) is 1.88. The number of aliphatic hydroxyl groups is 1. The summed E-state index contributed by atoms with van der Waals surface area (Å²) in [7, 11) is 0. The zero-order chi connectivity index (χ0) is 11.1. The van der Waals surface area contributed by atoms with E-state index in [-0.39, 0.29) is 6.61 Å². The zero-order valence-electron chi connectivity index (χ0n) is 8.24. The number of halogens is 1. The summed E-state index contributed by atoms with van der Waals surface area (Å²) in [5, 5.41) is 17.3. The van der Waals surface area contributed by atoms with Crippen LogP contribution in [0.3, 0.4) is 0 Å². The fourth-order valence-electron chi connectivity index (χ4n) is 1.15. The van der Waals surface area contributed by atoms with Crippen LogP contribution in [0.5, 0.6) is 5.75 Å². The van der Waals surface area contributed by atoms with Gasteiger partial charge in [0.25, 0.3) is 0 Å². The van der Waals surface area contributed by atoms with E-state index in [0.717, 1.165) is 0 Å². The van der Waals surface area contributed by atoms with Gasteiger partial charge in [-0.1, -0.05) is 0 Å². The predicted molar refractivity (Wildman–Crippen MR) is 52.7 cm³/mol. The lowest BCUT2D eigenvalue weighted by atomic mass is 10.2. The van der Waals surface area contributed by atoms with Crippen LogP contribution in [0.1, 0.15) is 18.4 Å². The monoisotopic (exact) mass is 209 g/mol. The second-order valence-corrected chi connectivity index (χ2v) is 3.02. The number of aliphatic hydroxyl groups excluding tert-OH is 1. The minimum absolute atomic E-state index is 0.259. The molecule has 15 heavy (non-hydrogen) atoms. The molecule has 0 radical (unpaired) electrons. The van der Waals surface area contributed by atoms with E-state index in [0.29, 0.717) is 30.8 Å². The quantitative estimate of drug-likeness (QED) is 0.754. The Kier molecular flexibility index (Phi) is 4.58. The lowest BCUT2D eigenvalue weighted by molar-refractivity contribution is 0.261. The summed E-state index contributed by atoms with van der Waals surface area (Å²) < 4.78 is 18.1. The lowest BCUT2D eigenvalue weighted by Crippen LogP contribution is -2.00. The number of unbranched alkanes of at least 4 members (excludes halogenated alkanes) is 1. The first-order valence-corrected chi connectivity index (χ1v) is 4.67. The molecular formula is C11H12FNO2. The standard InChI is InChI=1S/C11H12FNO2/c12-10-3-4-11(9(7-10)8-14)15-6-2-1-5-13/h3-4,7,14H,1-2,6,8H2. The molecule has 0 fully saturated rings. The number of rotatable bonds is 5. The summed E-state index contributed by atoms with van der Waals surface area (Å²) >= 11 is 0. The zero-order valence-corrected chi connectivity index (χ0v) is 8.24. The molecule has 0 aromatic heterocycles. The van der Waals surface area contributed by atoms with Gasteiger partial charge in [0.15, 0.2) is 0 Å². The van der Waals surface area contributed by atoms with E-state index in [2.05, 4.69) is 0 Å².